The number of likely N-dealkylation sites (N-methyl/N-ethyl adjacent to an activating group) is 1. The van der Waals surface area contributed by atoms with Crippen molar-refractivity contribution in [3.63, 3.8) is 0 Å². The van der Waals surface area contributed by atoms with E-state index in [9.17, 15) is 0 Å². The Balaban J connectivity index is 1.65. The van der Waals surface area contributed by atoms with Gasteiger partial charge < -0.3 is 10.1 Å². The van der Waals surface area contributed by atoms with Crippen LogP contribution in [0.5, 0.6) is 0 Å². The van der Waals surface area contributed by atoms with Crippen LogP contribution in [-0.4, -0.2) is 48.8 Å². The molecule has 2 atom stereocenters. The minimum atomic E-state index is 0.376. The first-order valence-corrected chi connectivity index (χ1v) is 8.86. The molecule has 0 bridgehead atoms. The summed E-state index contributed by atoms with van der Waals surface area (Å²) in [5.74, 6) is 0.704. The number of rotatable bonds is 8. The summed E-state index contributed by atoms with van der Waals surface area (Å²) >= 11 is 1.72. The van der Waals surface area contributed by atoms with Crippen LogP contribution in [0.25, 0.3) is 0 Å². The number of ether oxygens (including phenoxy) is 1. The van der Waals surface area contributed by atoms with Crippen molar-refractivity contribution >= 4 is 11.3 Å². The monoisotopic (exact) mass is 311 g/mol. The molecule has 21 heavy (non-hydrogen) atoms. The number of hydrogen-bond acceptors (Lipinski definition) is 5. The van der Waals surface area contributed by atoms with Gasteiger partial charge in [-0.2, -0.15) is 0 Å². The Morgan fingerprint density at radius 2 is 2.19 bits per heavy atom. The molecule has 0 radical (unpaired) electrons. The molecule has 2 rings (SSSR count). The molecule has 0 saturated carbocycles. The first kappa shape index (κ1) is 16.9. The molecular weight excluding hydrogens is 282 g/mol. The number of nitrogens with one attached hydrogen (secondary N) is 1. The average molecular weight is 311 g/mol. The standard InChI is InChI=1S/C16H29N3OS/c1-12(2)7-17-8-15-5-6-16(20-15)10-19(4)9-14-11-21-13(3)18-14/h11-12,15-17H,5-10H2,1-4H3. The van der Waals surface area contributed by atoms with Gasteiger partial charge >= 0.3 is 0 Å². The van der Waals surface area contributed by atoms with Gasteiger partial charge in [-0.05, 0) is 39.3 Å². The van der Waals surface area contributed by atoms with Gasteiger partial charge in [0.05, 0.1) is 22.9 Å². The molecule has 1 N–H and O–H groups in total. The van der Waals surface area contributed by atoms with Crippen LogP contribution in [0.15, 0.2) is 5.38 Å². The lowest BCUT2D eigenvalue weighted by molar-refractivity contribution is 0.0264. The summed E-state index contributed by atoms with van der Waals surface area (Å²) in [4.78, 5) is 6.85. The normalized spacial score (nSPS) is 22.6. The third-order valence-corrected chi connectivity index (χ3v) is 4.56. The van der Waals surface area contributed by atoms with Gasteiger partial charge in [-0.1, -0.05) is 13.8 Å². The Morgan fingerprint density at radius 3 is 2.86 bits per heavy atom. The van der Waals surface area contributed by atoms with Gasteiger partial charge in [0.1, 0.15) is 0 Å². The molecule has 5 heteroatoms. The van der Waals surface area contributed by atoms with Crippen molar-refractivity contribution in [2.75, 3.05) is 26.7 Å². The van der Waals surface area contributed by atoms with E-state index in [-0.39, 0.29) is 0 Å². The second-order valence-electron chi connectivity index (χ2n) is 6.56. The zero-order valence-electron chi connectivity index (χ0n) is 13.8. The Morgan fingerprint density at radius 1 is 1.43 bits per heavy atom. The fraction of sp³-hybridized carbons (Fsp3) is 0.812. The van der Waals surface area contributed by atoms with E-state index in [1.54, 1.807) is 11.3 Å². The van der Waals surface area contributed by atoms with Crippen LogP contribution in [0.4, 0.5) is 0 Å². The second-order valence-corrected chi connectivity index (χ2v) is 7.63. The summed E-state index contributed by atoms with van der Waals surface area (Å²) < 4.78 is 6.13. The Hall–Kier alpha value is -0.490. The Kier molecular flexibility index (Phi) is 6.61. The average Bonchev–Trinajstić information content (AvgIpc) is 2.98. The summed E-state index contributed by atoms with van der Waals surface area (Å²) in [5.41, 5.74) is 1.17. The fourth-order valence-electron chi connectivity index (χ4n) is 2.77. The lowest BCUT2D eigenvalue weighted by Gasteiger charge is -2.21. The quantitative estimate of drug-likeness (QED) is 0.801. The highest BCUT2D eigenvalue weighted by Gasteiger charge is 2.25. The fourth-order valence-corrected chi connectivity index (χ4v) is 3.37. The molecule has 1 aliphatic heterocycles. The molecule has 1 aromatic rings. The van der Waals surface area contributed by atoms with Crippen molar-refractivity contribution in [2.24, 2.45) is 5.92 Å². The van der Waals surface area contributed by atoms with E-state index in [4.69, 9.17) is 4.74 Å². The third-order valence-electron chi connectivity index (χ3n) is 3.73. The zero-order valence-corrected chi connectivity index (χ0v) is 14.6. The number of nitrogens with zero attached hydrogens (tertiary/aromatic N) is 2. The van der Waals surface area contributed by atoms with Gasteiger partial charge in [-0.15, -0.1) is 11.3 Å². The van der Waals surface area contributed by atoms with Crippen LogP contribution in [0.1, 0.15) is 37.4 Å². The van der Waals surface area contributed by atoms with Crippen molar-refractivity contribution in [2.45, 2.75) is 52.4 Å². The summed E-state index contributed by atoms with van der Waals surface area (Å²) in [6.07, 6.45) is 3.12. The molecular formula is C16H29N3OS. The highest BCUT2D eigenvalue weighted by molar-refractivity contribution is 7.09. The molecule has 4 nitrogen and oxygen atoms in total. The summed E-state index contributed by atoms with van der Waals surface area (Å²) in [6, 6.07) is 0. The second kappa shape index (κ2) is 8.22. The van der Waals surface area contributed by atoms with Gasteiger partial charge in [-0.25, -0.2) is 4.98 Å². The molecule has 2 unspecified atom stereocenters. The largest absolute Gasteiger partial charge is 0.372 e. The van der Waals surface area contributed by atoms with Crippen LogP contribution < -0.4 is 5.32 Å². The van der Waals surface area contributed by atoms with Gasteiger partial charge in [-0.3, -0.25) is 4.90 Å². The molecule has 1 aliphatic rings. The van der Waals surface area contributed by atoms with Crippen molar-refractivity contribution in [3.8, 4) is 0 Å². The van der Waals surface area contributed by atoms with E-state index in [1.165, 1.54) is 18.5 Å². The molecule has 0 aromatic carbocycles. The smallest absolute Gasteiger partial charge is 0.0897 e. The zero-order chi connectivity index (χ0) is 15.2. The number of thiazole rings is 1. The van der Waals surface area contributed by atoms with E-state index >= 15 is 0 Å². The molecule has 1 saturated heterocycles. The molecule has 1 fully saturated rings. The molecule has 1 aromatic heterocycles. The molecule has 0 amide bonds. The van der Waals surface area contributed by atoms with Gasteiger partial charge in [0, 0.05) is 25.0 Å². The summed E-state index contributed by atoms with van der Waals surface area (Å²) in [7, 11) is 2.16. The number of aromatic nitrogens is 1. The van der Waals surface area contributed by atoms with E-state index in [2.05, 4.69) is 48.4 Å². The molecule has 0 aliphatic carbocycles. The highest BCUT2D eigenvalue weighted by atomic mass is 32.1. The predicted molar refractivity (Wildman–Crippen MR) is 88.8 cm³/mol. The minimum Gasteiger partial charge on any atom is -0.372 e. The topological polar surface area (TPSA) is 37.4 Å². The molecule has 120 valence electrons. The van der Waals surface area contributed by atoms with Gasteiger partial charge in [0.15, 0.2) is 0 Å². The summed E-state index contributed by atoms with van der Waals surface area (Å²) in [6.45, 7) is 10.5. The lowest BCUT2D eigenvalue weighted by atomic mass is 10.1. The SMILES string of the molecule is Cc1nc(CN(C)CC2CCC(CNCC(C)C)O2)cs1. The van der Waals surface area contributed by atoms with E-state index in [0.29, 0.717) is 18.1 Å². The van der Waals surface area contributed by atoms with Crippen molar-refractivity contribution in [1.82, 2.24) is 15.2 Å². The third kappa shape index (κ3) is 6.02. The maximum Gasteiger partial charge on any atom is 0.0897 e. The summed E-state index contributed by atoms with van der Waals surface area (Å²) in [5, 5.41) is 6.79. The predicted octanol–water partition coefficient (Wildman–Crippen LogP) is 2.68. The van der Waals surface area contributed by atoms with E-state index < -0.39 is 0 Å². The van der Waals surface area contributed by atoms with Crippen LogP contribution in [-0.2, 0) is 11.3 Å². The van der Waals surface area contributed by atoms with Crippen molar-refractivity contribution < 1.29 is 4.74 Å². The van der Waals surface area contributed by atoms with Crippen LogP contribution in [0, 0.1) is 12.8 Å². The maximum atomic E-state index is 6.13. The Bertz CT molecular complexity index is 421. The van der Waals surface area contributed by atoms with Gasteiger partial charge in [0.25, 0.3) is 0 Å². The highest BCUT2D eigenvalue weighted by Crippen LogP contribution is 2.20. The first-order valence-electron chi connectivity index (χ1n) is 7.98. The van der Waals surface area contributed by atoms with Crippen LogP contribution in [0.3, 0.4) is 0 Å². The number of aryl methyl sites for hydroxylation is 1. The van der Waals surface area contributed by atoms with Gasteiger partial charge in [0.2, 0.25) is 0 Å². The first-order chi connectivity index (χ1) is 10.0. The van der Waals surface area contributed by atoms with Crippen LogP contribution >= 0.6 is 11.3 Å². The number of hydrogen-bond donors (Lipinski definition) is 1. The lowest BCUT2D eigenvalue weighted by Crippen LogP contribution is -2.32. The van der Waals surface area contributed by atoms with Crippen molar-refractivity contribution in [1.29, 1.82) is 0 Å². The van der Waals surface area contributed by atoms with Crippen molar-refractivity contribution in [3.05, 3.63) is 16.1 Å². The Labute approximate surface area is 132 Å². The van der Waals surface area contributed by atoms with E-state index in [0.717, 1.165) is 31.2 Å². The van der Waals surface area contributed by atoms with E-state index in [1.807, 2.05) is 0 Å². The van der Waals surface area contributed by atoms with Crippen LogP contribution in [0.2, 0.25) is 0 Å². The molecule has 2 heterocycles. The minimum absolute atomic E-state index is 0.376. The maximum absolute atomic E-state index is 6.13. The molecule has 0 spiro atoms.